The maximum absolute atomic E-state index is 13.2. The molecule has 3 aromatic carbocycles. The Kier molecular flexibility index (Phi) is 5.32. The van der Waals surface area contributed by atoms with Crippen LogP contribution in [0.1, 0.15) is 16.7 Å². The third-order valence-corrected chi connectivity index (χ3v) is 6.58. The highest BCUT2D eigenvalue weighted by Gasteiger charge is 2.46. The van der Waals surface area contributed by atoms with Crippen LogP contribution in [-0.2, 0) is 23.1 Å². The summed E-state index contributed by atoms with van der Waals surface area (Å²) in [6, 6.07) is 18.7. The number of hydrogen-bond donors (Lipinski definition) is 1. The van der Waals surface area contributed by atoms with Gasteiger partial charge >= 0.3 is 0 Å². The Bertz CT molecular complexity index is 1030. The van der Waals surface area contributed by atoms with Crippen LogP contribution in [0.4, 0.5) is 5.69 Å². The van der Waals surface area contributed by atoms with Gasteiger partial charge in [-0.15, -0.1) is 0 Å². The Balaban J connectivity index is 1.82. The lowest BCUT2D eigenvalue weighted by Crippen LogP contribution is -2.39. The minimum Gasteiger partial charge on any atom is -0.325 e. The quantitative estimate of drug-likeness (QED) is 0.456. The predicted octanol–water partition coefficient (Wildman–Crippen LogP) is 6.98. The smallest absolute Gasteiger partial charge is 0.235 e. The lowest BCUT2D eigenvalue weighted by molar-refractivity contribution is -0.120. The highest BCUT2D eigenvalue weighted by molar-refractivity contribution is 6.42. The van der Waals surface area contributed by atoms with E-state index in [2.05, 4.69) is 5.32 Å². The molecular weight excluding hydrogens is 436 g/mol. The number of benzene rings is 3. The molecule has 0 aromatic heterocycles. The van der Waals surface area contributed by atoms with Gasteiger partial charge in [-0.1, -0.05) is 76.7 Å². The highest BCUT2D eigenvalue weighted by atomic mass is 35.5. The van der Waals surface area contributed by atoms with Gasteiger partial charge in [0.2, 0.25) is 5.91 Å². The lowest BCUT2D eigenvalue weighted by Gasteiger charge is -2.28. The molecule has 0 unspecified atom stereocenters. The highest BCUT2D eigenvalue weighted by Crippen LogP contribution is 2.43. The van der Waals surface area contributed by atoms with Gasteiger partial charge in [-0.25, -0.2) is 0 Å². The monoisotopic (exact) mass is 449 g/mol. The molecular formula is C22H15Cl4NO. The normalized spacial score (nSPS) is 14.6. The van der Waals surface area contributed by atoms with E-state index in [0.717, 1.165) is 22.4 Å². The average molecular weight is 451 g/mol. The summed E-state index contributed by atoms with van der Waals surface area (Å²) >= 11 is 24.6. The summed E-state index contributed by atoms with van der Waals surface area (Å²) < 4.78 is 0. The molecule has 1 N–H and O–H groups in total. The third kappa shape index (κ3) is 3.51. The third-order valence-electron chi connectivity index (χ3n) is 5.11. The Morgan fingerprint density at radius 3 is 1.79 bits per heavy atom. The van der Waals surface area contributed by atoms with Gasteiger partial charge in [0.1, 0.15) is 0 Å². The molecule has 142 valence electrons. The topological polar surface area (TPSA) is 29.1 Å². The van der Waals surface area contributed by atoms with E-state index in [1.165, 1.54) is 0 Å². The largest absolute Gasteiger partial charge is 0.325 e. The van der Waals surface area contributed by atoms with E-state index in [4.69, 9.17) is 46.4 Å². The van der Waals surface area contributed by atoms with Gasteiger partial charge in [0.05, 0.1) is 25.5 Å². The molecule has 1 aliphatic heterocycles. The predicted molar refractivity (Wildman–Crippen MR) is 117 cm³/mol. The molecule has 1 aliphatic rings. The number of carbonyl (C=O) groups is 1. The molecule has 0 spiro atoms. The van der Waals surface area contributed by atoms with Crippen molar-refractivity contribution in [1.82, 2.24) is 0 Å². The Morgan fingerprint density at radius 1 is 0.714 bits per heavy atom. The van der Waals surface area contributed by atoms with Crippen LogP contribution in [-0.4, -0.2) is 5.91 Å². The van der Waals surface area contributed by atoms with Crippen molar-refractivity contribution in [2.24, 2.45) is 0 Å². The van der Waals surface area contributed by atoms with Gasteiger partial charge in [-0.3, -0.25) is 4.79 Å². The van der Waals surface area contributed by atoms with Crippen molar-refractivity contribution in [3.8, 4) is 0 Å². The van der Waals surface area contributed by atoms with E-state index >= 15 is 0 Å². The SMILES string of the molecule is O=C1Nc2ccccc2C1(Cc1ccc(Cl)c(Cl)c1)Cc1ccc(Cl)c(Cl)c1. The molecule has 0 saturated carbocycles. The summed E-state index contributed by atoms with van der Waals surface area (Å²) in [5, 5.41) is 4.93. The van der Waals surface area contributed by atoms with E-state index in [0.29, 0.717) is 32.9 Å². The Hall–Kier alpha value is -1.71. The zero-order valence-electron chi connectivity index (χ0n) is 14.6. The molecule has 0 saturated heterocycles. The molecule has 2 nitrogen and oxygen atoms in total. The van der Waals surface area contributed by atoms with Gasteiger partial charge in [0.15, 0.2) is 0 Å². The summed E-state index contributed by atoms with van der Waals surface area (Å²) in [5.41, 5.74) is 2.86. The lowest BCUT2D eigenvalue weighted by atomic mass is 9.72. The Morgan fingerprint density at radius 2 is 1.25 bits per heavy atom. The van der Waals surface area contributed by atoms with E-state index < -0.39 is 5.41 Å². The molecule has 0 bridgehead atoms. The molecule has 0 atom stereocenters. The Labute approximate surface area is 183 Å². The van der Waals surface area contributed by atoms with Crippen LogP contribution >= 0.6 is 46.4 Å². The fraction of sp³-hybridized carbons (Fsp3) is 0.136. The van der Waals surface area contributed by atoms with Crippen LogP contribution in [0.2, 0.25) is 20.1 Å². The first kappa shape index (κ1) is 19.6. The molecule has 1 amide bonds. The van der Waals surface area contributed by atoms with E-state index in [1.807, 2.05) is 48.5 Å². The van der Waals surface area contributed by atoms with Gasteiger partial charge in [-0.2, -0.15) is 0 Å². The first-order chi connectivity index (χ1) is 13.4. The molecule has 0 fully saturated rings. The van der Waals surface area contributed by atoms with Crippen molar-refractivity contribution in [2.45, 2.75) is 18.3 Å². The van der Waals surface area contributed by atoms with Gasteiger partial charge in [0.25, 0.3) is 0 Å². The number of halogens is 4. The number of amides is 1. The maximum Gasteiger partial charge on any atom is 0.235 e. The van der Waals surface area contributed by atoms with Crippen LogP contribution in [0.5, 0.6) is 0 Å². The van der Waals surface area contributed by atoms with Gasteiger partial charge < -0.3 is 5.32 Å². The molecule has 6 heteroatoms. The summed E-state index contributed by atoms with van der Waals surface area (Å²) in [6.45, 7) is 0. The molecule has 4 rings (SSSR count). The number of rotatable bonds is 4. The summed E-state index contributed by atoms with van der Waals surface area (Å²) in [5.74, 6) is -0.0501. The summed E-state index contributed by atoms with van der Waals surface area (Å²) in [6.07, 6.45) is 0.958. The second kappa shape index (κ2) is 7.61. The van der Waals surface area contributed by atoms with E-state index in [-0.39, 0.29) is 5.91 Å². The summed E-state index contributed by atoms with van der Waals surface area (Å²) in [4.78, 5) is 13.2. The van der Waals surface area contributed by atoms with Crippen LogP contribution in [0.3, 0.4) is 0 Å². The fourth-order valence-electron chi connectivity index (χ4n) is 3.78. The van der Waals surface area contributed by atoms with Crippen molar-refractivity contribution in [2.75, 3.05) is 5.32 Å². The van der Waals surface area contributed by atoms with Crippen LogP contribution in [0.15, 0.2) is 60.7 Å². The molecule has 0 aliphatic carbocycles. The summed E-state index contributed by atoms with van der Waals surface area (Å²) in [7, 11) is 0. The van der Waals surface area contributed by atoms with Crippen molar-refractivity contribution in [1.29, 1.82) is 0 Å². The first-order valence-corrected chi connectivity index (χ1v) is 10.2. The van der Waals surface area contributed by atoms with E-state index in [9.17, 15) is 4.79 Å². The van der Waals surface area contributed by atoms with Crippen LogP contribution in [0.25, 0.3) is 0 Å². The molecule has 28 heavy (non-hydrogen) atoms. The van der Waals surface area contributed by atoms with Gasteiger partial charge in [0, 0.05) is 5.69 Å². The van der Waals surface area contributed by atoms with Crippen molar-refractivity contribution >= 4 is 58.0 Å². The van der Waals surface area contributed by atoms with Crippen molar-refractivity contribution < 1.29 is 4.79 Å². The number of carbonyl (C=O) groups excluding carboxylic acids is 1. The first-order valence-electron chi connectivity index (χ1n) is 8.68. The fourth-order valence-corrected chi connectivity index (χ4v) is 4.42. The molecule has 0 radical (unpaired) electrons. The number of fused-ring (bicyclic) bond motifs is 1. The van der Waals surface area contributed by atoms with Crippen LogP contribution < -0.4 is 5.32 Å². The minimum absolute atomic E-state index is 0.0501. The average Bonchev–Trinajstić information content (AvgIpc) is 2.93. The van der Waals surface area contributed by atoms with E-state index in [1.54, 1.807) is 12.1 Å². The number of anilines is 1. The van der Waals surface area contributed by atoms with Crippen molar-refractivity contribution in [3.05, 3.63) is 97.4 Å². The molecule has 1 heterocycles. The standard InChI is InChI=1S/C22H15Cl4NO/c23-16-7-5-13(9-18(16)25)11-22(12-14-6-8-17(24)19(26)10-14)15-3-1-2-4-20(15)27-21(22)28/h1-10H,11-12H2,(H,27,28). The zero-order chi connectivity index (χ0) is 19.9. The molecule has 3 aromatic rings. The second-order valence-electron chi connectivity index (χ2n) is 6.93. The second-order valence-corrected chi connectivity index (χ2v) is 8.56. The minimum atomic E-state index is -0.787. The van der Waals surface area contributed by atoms with Crippen LogP contribution in [0, 0.1) is 0 Å². The number of nitrogens with one attached hydrogen (secondary N) is 1. The number of para-hydroxylation sites is 1. The maximum atomic E-state index is 13.2. The number of hydrogen-bond acceptors (Lipinski definition) is 1. The van der Waals surface area contributed by atoms with Crippen molar-refractivity contribution in [3.63, 3.8) is 0 Å². The van der Waals surface area contributed by atoms with Gasteiger partial charge in [-0.05, 0) is 59.9 Å². The zero-order valence-corrected chi connectivity index (χ0v) is 17.6.